The predicted octanol–water partition coefficient (Wildman–Crippen LogP) is 2.08. The molecule has 0 saturated carbocycles. The van der Waals surface area contributed by atoms with Crippen molar-refractivity contribution >= 4 is 5.78 Å². The normalized spacial score (nSPS) is 9.30. The van der Waals surface area contributed by atoms with E-state index in [9.17, 15) is 4.79 Å². The van der Waals surface area contributed by atoms with Crippen molar-refractivity contribution in [1.82, 2.24) is 0 Å². The van der Waals surface area contributed by atoms with Gasteiger partial charge in [-0.3, -0.25) is 4.79 Å². The number of Topliss-reactive ketones (excluding diaryl/α,β-unsaturated/α-hetero) is 1. The molecule has 1 aromatic carbocycles. The minimum Gasteiger partial charge on any atom is -0.294 e. The highest BCUT2D eigenvalue weighted by molar-refractivity contribution is 5.95. The summed E-state index contributed by atoms with van der Waals surface area (Å²) in [5.74, 6) is 0.153. The lowest BCUT2D eigenvalue weighted by atomic mass is 10.1. The average Bonchev–Trinajstić information content (AvgIpc) is 2.05. The van der Waals surface area contributed by atoms with E-state index in [1.54, 1.807) is 12.1 Å². The summed E-state index contributed by atoms with van der Waals surface area (Å²) in [5.41, 5.74) is 0.685. The smallest absolute Gasteiger partial charge is 0.163 e. The van der Waals surface area contributed by atoms with Crippen LogP contribution in [0.2, 0.25) is 0 Å². The Labute approximate surface area is 60.7 Å². The van der Waals surface area contributed by atoms with Gasteiger partial charge in [-0.05, 0) is 6.07 Å². The molecule has 0 aliphatic carbocycles. The van der Waals surface area contributed by atoms with Gasteiger partial charge < -0.3 is 0 Å². The third-order valence-corrected chi connectivity index (χ3v) is 1.33. The molecule has 0 aliphatic heterocycles. The molecule has 0 amide bonds. The summed E-state index contributed by atoms with van der Waals surface area (Å²) in [6.45, 7) is 1.85. The number of carbonyl (C=O) groups excluding carboxylic acids is 1. The summed E-state index contributed by atoms with van der Waals surface area (Å²) in [5, 5.41) is 0. The fraction of sp³-hybridized carbons (Fsp3) is 0.222. The Bertz CT molecular complexity index is 213. The molecule has 0 heterocycles. The van der Waals surface area contributed by atoms with E-state index in [4.69, 9.17) is 0 Å². The topological polar surface area (TPSA) is 17.1 Å². The summed E-state index contributed by atoms with van der Waals surface area (Å²) < 4.78 is 0. The van der Waals surface area contributed by atoms with Crippen LogP contribution in [0.4, 0.5) is 0 Å². The van der Waals surface area contributed by atoms with Crippen LogP contribution in [-0.4, -0.2) is 5.78 Å². The number of carbonyl (C=O) groups is 1. The van der Waals surface area contributed by atoms with Gasteiger partial charge in [0.1, 0.15) is 0 Å². The number of hydrogen-bond donors (Lipinski definition) is 0. The summed E-state index contributed by atoms with van der Waals surface area (Å²) >= 11 is 0. The molecule has 1 nitrogen and oxygen atoms in total. The Hall–Kier alpha value is -1.11. The maximum absolute atomic E-state index is 11.0. The summed E-state index contributed by atoms with van der Waals surface area (Å²) in [6, 6.07) is 10.1. The quantitative estimate of drug-likeness (QED) is 0.564. The highest BCUT2D eigenvalue weighted by atomic mass is 16.1. The monoisotopic (exact) mass is 133 g/mol. The van der Waals surface area contributed by atoms with Crippen molar-refractivity contribution in [2.75, 3.05) is 0 Å². The van der Waals surface area contributed by atoms with Gasteiger partial charge in [0.05, 0.1) is 0 Å². The molecule has 0 aliphatic rings. The van der Waals surface area contributed by atoms with Crippen molar-refractivity contribution in [3.63, 3.8) is 0 Å². The zero-order valence-corrected chi connectivity index (χ0v) is 5.92. The second kappa shape index (κ2) is 3.16. The fourth-order valence-electron chi connectivity index (χ4n) is 0.757. The van der Waals surface area contributed by atoms with E-state index in [0.717, 1.165) is 0 Å². The lowest BCUT2D eigenvalue weighted by Gasteiger charge is -1.92. The molecule has 1 rings (SSSR count). The molecular formula is C9H9O. The van der Waals surface area contributed by atoms with Crippen molar-refractivity contribution in [3.05, 3.63) is 35.9 Å². The molecule has 0 spiro atoms. The molecule has 0 unspecified atom stereocenters. The first-order valence-electron chi connectivity index (χ1n) is 3.34. The zero-order chi connectivity index (χ0) is 7.40. The number of benzene rings is 1. The lowest BCUT2D eigenvalue weighted by molar-refractivity contribution is 0.0988. The molecule has 0 atom stereocenters. The molecule has 0 saturated heterocycles. The Balaban J connectivity index is 2.85. The fourth-order valence-corrected chi connectivity index (χ4v) is 0.757. The Morgan fingerprint density at radius 2 is 2.40 bits per heavy atom. The van der Waals surface area contributed by atoms with Gasteiger partial charge in [-0.1, -0.05) is 31.2 Å². The van der Waals surface area contributed by atoms with Crippen molar-refractivity contribution in [1.29, 1.82) is 0 Å². The van der Waals surface area contributed by atoms with Gasteiger partial charge in [0, 0.05) is 12.0 Å². The molecule has 1 aromatic rings. The van der Waals surface area contributed by atoms with Crippen molar-refractivity contribution in [2.45, 2.75) is 13.3 Å². The highest BCUT2D eigenvalue weighted by Gasteiger charge is 1.99. The number of rotatable bonds is 2. The Morgan fingerprint density at radius 3 is 2.90 bits per heavy atom. The van der Waals surface area contributed by atoms with Crippen LogP contribution < -0.4 is 0 Å². The molecule has 1 heteroatoms. The maximum Gasteiger partial charge on any atom is 0.163 e. The van der Waals surface area contributed by atoms with Gasteiger partial charge in [-0.2, -0.15) is 0 Å². The van der Waals surface area contributed by atoms with Crippen molar-refractivity contribution < 1.29 is 4.79 Å². The summed E-state index contributed by atoms with van der Waals surface area (Å²) in [7, 11) is 0. The first-order chi connectivity index (χ1) is 4.84. The standard InChI is InChI=1S/C9H9O/c1-2-9(10)8-6-4-3-5-7-8/h3-6H,2H2,1H3. The maximum atomic E-state index is 11.0. The molecule has 0 aromatic heterocycles. The van der Waals surface area contributed by atoms with Gasteiger partial charge in [0.2, 0.25) is 0 Å². The van der Waals surface area contributed by atoms with E-state index in [1.807, 2.05) is 19.1 Å². The number of ketones is 1. The van der Waals surface area contributed by atoms with Crippen LogP contribution >= 0.6 is 0 Å². The second-order valence-electron chi connectivity index (χ2n) is 2.05. The first-order valence-corrected chi connectivity index (χ1v) is 3.34. The van der Waals surface area contributed by atoms with E-state index in [0.29, 0.717) is 12.0 Å². The van der Waals surface area contributed by atoms with Crippen LogP contribution in [-0.2, 0) is 0 Å². The molecule has 0 bridgehead atoms. The van der Waals surface area contributed by atoms with Crippen LogP contribution in [0.5, 0.6) is 0 Å². The van der Waals surface area contributed by atoms with Crippen LogP contribution in [0, 0.1) is 6.07 Å². The molecule has 0 fully saturated rings. The van der Waals surface area contributed by atoms with Crippen LogP contribution in [0.3, 0.4) is 0 Å². The zero-order valence-electron chi connectivity index (χ0n) is 5.92. The van der Waals surface area contributed by atoms with Crippen molar-refractivity contribution in [3.8, 4) is 0 Å². The molecule has 1 radical (unpaired) electrons. The van der Waals surface area contributed by atoms with Gasteiger partial charge in [-0.25, -0.2) is 0 Å². The van der Waals surface area contributed by atoms with E-state index in [-0.39, 0.29) is 5.78 Å². The molecular weight excluding hydrogens is 124 g/mol. The van der Waals surface area contributed by atoms with Crippen LogP contribution in [0.1, 0.15) is 23.7 Å². The lowest BCUT2D eigenvalue weighted by Crippen LogP contribution is -1.94. The van der Waals surface area contributed by atoms with Crippen molar-refractivity contribution in [2.24, 2.45) is 0 Å². The van der Waals surface area contributed by atoms with Gasteiger partial charge in [0.15, 0.2) is 5.78 Å². The van der Waals surface area contributed by atoms with E-state index in [2.05, 4.69) is 6.07 Å². The average molecular weight is 133 g/mol. The molecule has 10 heavy (non-hydrogen) atoms. The second-order valence-corrected chi connectivity index (χ2v) is 2.05. The third-order valence-electron chi connectivity index (χ3n) is 1.33. The molecule has 0 N–H and O–H groups in total. The largest absolute Gasteiger partial charge is 0.294 e. The third kappa shape index (κ3) is 1.44. The highest BCUT2D eigenvalue weighted by Crippen LogP contribution is 2.00. The van der Waals surface area contributed by atoms with Gasteiger partial charge in [-0.15, -0.1) is 0 Å². The van der Waals surface area contributed by atoms with E-state index >= 15 is 0 Å². The first kappa shape index (κ1) is 7.00. The SMILES string of the molecule is CCC(=O)c1[c]cccc1. The van der Waals surface area contributed by atoms with Gasteiger partial charge in [0.25, 0.3) is 0 Å². The summed E-state index contributed by atoms with van der Waals surface area (Å²) in [6.07, 6.45) is 0.556. The predicted molar refractivity (Wildman–Crippen MR) is 39.9 cm³/mol. The Kier molecular flexibility index (Phi) is 2.21. The van der Waals surface area contributed by atoms with Crippen LogP contribution in [0.15, 0.2) is 24.3 Å². The summed E-state index contributed by atoms with van der Waals surface area (Å²) in [4.78, 5) is 11.0. The van der Waals surface area contributed by atoms with Gasteiger partial charge >= 0.3 is 0 Å². The Morgan fingerprint density at radius 1 is 1.60 bits per heavy atom. The minimum atomic E-state index is 0.153. The molecule has 51 valence electrons. The number of hydrogen-bond acceptors (Lipinski definition) is 1. The van der Waals surface area contributed by atoms with E-state index < -0.39 is 0 Å². The minimum absolute atomic E-state index is 0.153. The van der Waals surface area contributed by atoms with Crippen LogP contribution in [0.25, 0.3) is 0 Å². The van der Waals surface area contributed by atoms with E-state index in [1.165, 1.54) is 0 Å².